The van der Waals surface area contributed by atoms with Crippen molar-refractivity contribution in [2.24, 2.45) is 0 Å². The first-order valence-electron chi connectivity index (χ1n) is 11.7. The molecule has 36 heavy (non-hydrogen) atoms. The molecule has 2 heterocycles. The van der Waals surface area contributed by atoms with E-state index in [1.54, 1.807) is 31.5 Å². The Balaban J connectivity index is 1.64. The molecule has 5 rings (SSSR count). The first-order valence-corrected chi connectivity index (χ1v) is 13.6. The third-order valence-corrected chi connectivity index (χ3v) is 7.51. The number of aromatic nitrogens is 3. The molecule has 0 radical (unpaired) electrons. The molecule has 0 aliphatic rings. The number of ether oxygens (including phenoxy) is 1. The highest BCUT2D eigenvalue weighted by Gasteiger charge is 2.19. The normalized spacial score (nSPS) is 12.5. The van der Waals surface area contributed by atoms with Crippen LogP contribution < -0.4 is 4.74 Å². The molecule has 0 aliphatic heterocycles. The Morgan fingerprint density at radius 2 is 1.69 bits per heavy atom. The van der Waals surface area contributed by atoms with E-state index in [9.17, 15) is 8.42 Å². The maximum Gasteiger partial charge on any atom is 0.212 e. The molecule has 0 amide bonds. The number of hydrogen-bond acceptors (Lipinski definition) is 5. The summed E-state index contributed by atoms with van der Waals surface area (Å²) in [5.74, 6) is 1.44. The van der Waals surface area contributed by atoms with Gasteiger partial charge in [-0.15, -0.1) is 0 Å². The van der Waals surface area contributed by atoms with Crippen LogP contribution >= 0.6 is 0 Å². The van der Waals surface area contributed by atoms with Gasteiger partial charge >= 0.3 is 0 Å². The van der Waals surface area contributed by atoms with E-state index < -0.39 is 9.84 Å². The number of rotatable bonds is 7. The number of hydrogen-bond donors (Lipinski definition) is 0. The molecule has 0 unspecified atom stereocenters. The lowest BCUT2D eigenvalue weighted by Crippen LogP contribution is -2.11. The summed E-state index contributed by atoms with van der Waals surface area (Å²) in [6, 6.07) is 27.5. The largest absolute Gasteiger partial charge is 0.481 e. The molecule has 0 saturated carbocycles. The fourth-order valence-corrected chi connectivity index (χ4v) is 5.19. The fourth-order valence-electron chi connectivity index (χ4n) is 4.50. The Morgan fingerprint density at radius 3 is 2.39 bits per heavy atom. The molecular weight excluding hydrogens is 470 g/mol. The minimum absolute atomic E-state index is 0.0218. The average molecular weight is 498 g/mol. The van der Waals surface area contributed by atoms with Crippen LogP contribution in [0.15, 0.2) is 96.0 Å². The van der Waals surface area contributed by atoms with E-state index in [1.165, 1.54) is 11.8 Å². The van der Waals surface area contributed by atoms with Crippen LogP contribution in [0, 0.1) is 0 Å². The molecule has 0 aliphatic carbocycles. The fraction of sp³-hybridized carbons (Fsp3) is 0.172. The molecule has 0 fully saturated rings. The Labute approximate surface area is 211 Å². The molecule has 3 aromatic carbocycles. The van der Waals surface area contributed by atoms with Crippen molar-refractivity contribution in [1.82, 2.24) is 14.5 Å². The number of pyridine rings is 1. The molecule has 0 spiro atoms. The number of sulfone groups is 1. The van der Waals surface area contributed by atoms with E-state index in [1.807, 2.05) is 48.5 Å². The Hall–Kier alpha value is -3.97. The van der Waals surface area contributed by atoms with Gasteiger partial charge in [0.15, 0.2) is 9.84 Å². The second-order valence-electron chi connectivity index (χ2n) is 8.87. The van der Waals surface area contributed by atoms with Crippen molar-refractivity contribution in [1.29, 1.82) is 0 Å². The zero-order valence-corrected chi connectivity index (χ0v) is 21.2. The van der Waals surface area contributed by atoms with Gasteiger partial charge in [-0.25, -0.2) is 18.4 Å². The summed E-state index contributed by atoms with van der Waals surface area (Å²) in [7, 11) is -1.69. The maximum absolute atomic E-state index is 12.1. The van der Waals surface area contributed by atoms with E-state index in [0.29, 0.717) is 17.2 Å². The number of benzene rings is 3. The van der Waals surface area contributed by atoms with Crippen LogP contribution in [0.25, 0.3) is 22.2 Å². The van der Waals surface area contributed by atoms with Crippen LogP contribution in [0.3, 0.4) is 0 Å². The van der Waals surface area contributed by atoms with Crippen LogP contribution in [0.1, 0.15) is 29.9 Å². The van der Waals surface area contributed by atoms with Crippen LogP contribution in [0.4, 0.5) is 0 Å². The average Bonchev–Trinajstić information content (AvgIpc) is 3.25. The lowest BCUT2D eigenvalue weighted by molar-refractivity contribution is 0.398. The molecule has 0 bridgehead atoms. The zero-order chi connectivity index (χ0) is 25.3. The standard InChI is InChI=1S/C29H27N3O3S/c1-20(22-9-5-4-6-10-22)32-27-18-23(24-13-15-29(35-2)30-19-24)12-14-26(27)31-28(32)17-21-8-7-11-25(16-21)36(3,33)34/h4-16,18-20H,17H2,1-3H3/t20-/m0/s1. The van der Waals surface area contributed by atoms with Gasteiger partial charge in [0, 0.05) is 30.5 Å². The van der Waals surface area contributed by atoms with Crippen LogP contribution in [-0.2, 0) is 16.3 Å². The van der Waals surface area contributed by atoms with Crippen LogP contribution in [0.5, 0.6) is 5.88 Å². The van der Waals surface area contributed by atoms with Gasteiger partial charge in [-0.1, -0.05) is 48.5 Å². The van der Waals surface area contributed by atoms with Crippen LogP contribution in [-0.4, -0.2) is 36.3 Å². The molecule has 182 valence electrons. The lowest BCUT2D eigenvalue weighted by atomic mass is 10.1. The van der Waals surface area contributed by atoms with E-state index >= 15 is 0 Å². The summed E-state index contributed by atoms with van der Waals surface area (Å²) in [5.41, 5.74) is 5.98. The minimum Gasteiger partial charge on any atom is -0.481 e. The predicted molar refractivity (Wildman–Crippen MR) is 142 cm³/mol. The van der Waals surface area contributed by atoms with Crippen molar-refractivity contribution in [2.75, 3.05) is 13.4 Å². The Bertz CT molecular complexity index is 1630. The van der Waals surface area contributed by atoms with Gasteiger partial charge in [0.2, 0.25) is 5.88 Å². The summed E-state index contributed by atoms with van der Waals surface area (Å²) >= 11 is 0. The summed E-state index contributed by atoms with van der Waals surface area (Å²) in [5, 5.41) is 0. The van der Waals surface area contributed by atoms with Crippen LogP contribution in [0.2, 0.25) is 0 Å². The molecule has 1 atom stereocenters. The Kier molecular flexibility index (Phi) is 6.33. The van der Waals surface area contributed by atoms with Crippen molar-refractivity contribution in [3.05, 3.63) is 108 Å². The van der Waals surface area contributed by atoms with Gasteiger partial charge in [-0.3, -0.25) is 0 Å². The summed E-state index contributed by atoms with van der Waals surface area (Å²) < 4.78 is 31.7. The first-order chi connectivity index (χ1) is 17.3. The number of imidazole rings is 1. The molecule has 2 aromatic heterocycles. The number of methoxy groups -OCH3 is 1. The predicted octanol–water partition coefficient (Wildman–Crippen LogP) is 5.71. The smallest absolute Gasteiger partial charge is 0.212 e. The van der Waals surface area contributed by atoms with Gasteiger partial charge < -0.3 is 9.30 Å². The molecule has 7 heteroatoms. The highest BCUT2D eigenvalue weighted by Crippen LogP contribution is 2.31. The lowest BCUT2D eigenvalue weighted by Gasteiger charge is -2.19. The quantitative estimate of drug-likeness (QED) is 0.288. The number of nitrogens with zero attached hydrogens (tertiary/aromatic N) is 3. The van der Waals surface area contributed by atoms with E-state index in [2.05, 4.69) is 34.7 Å². The highest BCUT2D eigenvalue weighted by atomic mass is 32.2. The van der Waals surface area contributed by atoms with Crippen molar-refractivity contribution >= 4 is 20.9 Å². The monoisotopic (exact) mass is 497 g/mol. The van der Waals surface area contributed by atoms with Gasteiger partial charge in [-0.05, 0) is 53.9 Å². The van der Waals surface area contributed by atoms with E-state index in [-0.39, 0.29) is 6.04 Å². The van der Waals surface area contributed by atoms with Crippen molar-refractivity contribution in [3.8, 4) is 17.0 Å². The van der Waals surface area contributed by atoms with E-state index in [4.69, 9.17) is 9.72 Å². The van der Waals surface area contributed by atoms with Crippen molar-refractivity contribution < 1.29 is 13.2 Å². The minimum atomic E-state index is -3.30. The molecule has 5 aromatic rings. The summed E-state index contributed by atoms with van der Waals surface area (Å²) in [6.45, 7) is 2.16. The molecule has 0 saturated heterocycles. The maximum atomic E-state index is 12.1. The topological polar surface area (TPSA) is 74.1 Å². The second kappa shape index (κ2) is 9.59. The van der Waals surface area contributed by atoms with Crippen molar-refractivity contribution in [3.63, 3.8) is 0 Å². The first kappa shape index (κ1) is 23.8. The highest BCUT2D eigenvalue weighted by molar-refractivity contribution is 7.90. The SMILES string of the molecule is COc1ccc(-c2ccc3nc(Cc4cccc(S(C)(=O)=O)c4)n([C@@H](C)c4ccccc4)c3c2)cn1. The van der Waals surface area contributed by atoms with Gasteiger partial charge in [0.25, 0.3) is 0 Å². The van der Waals surface area contributed by atoms with Crippen molar-refractivity contribution in [2.45, 2.75) is 24.3 Å². The summed E-state index contributed by atoms with van der Waals surface area (Å²) in [6.07, 6.45) is 3.54. The molecular formula is C29H27N3O3S. The third-order valence-electron chi connectivity index (χ3n) is 6.40. The Morgan fingerprint density at radius 1 is 0.917 bits per heavy atom. The third kappa shape index (κ3) is 4.75. The van der Waals surface area contributed by atoms with E-state index in [0.717, 1.165) is 33.5 Å². The van der Waals surface area contributed by atoms with Gasteiger partial charge in [-0.2, -0.15) is 0 Å². The second-order valence-corrected chi connectivity index (χ2v) is 10.9. The van der Waals surface area contributed by atoms with Gasteiger partial charge in [0.1, 0.15) is 5.82 Å². The molecule has 0 N–H and O–H groups in total. The number of fused-ring (bicyclic) bond motifs is 1. The summed E-state index contributed by atoms with van der Waals surface area (Å²) in [4.78, 5) is 9.65. The molecule has 6 nitrogen and oxygen atoms in total. The zero-order valence-electron chi connectivity index (χ0n) is 20.4. The van der Waals surface area contributed by atoms with Gasteiger partial charge in [0.05, 0.1) is 29.1 Å².